The van der Waals surface area contributed by atoms with Crippen molar-refractivity contribution in [2.24, 2.45) is 5.92 Å². The highest BCUT2D eigenvalue weighted by molar-refractivity contribution is 6.30. The van der Waals surface area contributed by atoms with Gasteiger partial charge in [0.25, 0.3) is 0 Å². The van der Waals surface area contributed by atoms with Gasteiger partial charge in [-0.25, -0.2) is 0 Å². The molecule has 1 N–H and O–H groups in total. The Balaban J connectivity index is 1.99. The summed E-state index contributed by atoms with van der Waals surface area (Å²) < 4.78 is 0. The summed E-state index contributed by atoms with van der Waals surface area (Å²) in [6.45, 7) is 0.321. The van der Waals surface area contributed by atoms with Crippen LogP contribution in [0.1, 0.15) is 18.4 Å². The van der Waals surface area contributed by atoms with E-state index in [-0.39, 0.29) is 18.9 Å². The number of halogens is 1. The molecule has 1 saturated carbocycles. The standard InChI is InChI=1S/C14H16ClNO3/c15-12-3-1-2-11(6-12)7-13(17)16(9-14(18)19)8-10-4-5-10/h1-3,6,10H,4-5,7-9H2,(H,18,19). The van der Waals surface area contributed by atoms with Gasteiger partial charge >= 0.3 is 5.97 Å². The van der Waals surface area contributed by atoms with Crippen LogP contribution in [-0.4, -0.2) is 35.0 Å². The Bertz CT molecular complexity index is 485. The average molecular weight is 282 g/mol. The van der Waals surface area contributed by atoms with E-state index >= 15 is 0 Å². The predicted molar refractivity (Wildman–Crippen MR) is 72.1 cm³/mol. The molecule has 19 heavy (non-hydrogen) atoms. The highest BCUT2D eigenvalue weighted by Crippen LogP contribution is 2.29. The van der Waals surface area contributed by atoms with Crippen molar-refractivity contribution in [3.05, 3.63) is 34.9 Å². The third-order valence-corrected chi connectivity index (χ3v) is 3.33. The van der Waals surface area contributed by atoms with E-state index in [0.29, 0.717) is 17.5 Å². The van der Waals surface area contributed by atoms with Gasteiger partial charge in [0.05, 0.1) is 6.42 Å². The first-order chi connectivity index (χ1) is 9.04. The van der Waals surface area contributed by atoms with Crippen LogP contribution in [0, 0.1) is 5.92 Å². The molecule has 4 nitrogen and oxygen atoms in total. The Kier molecular flexibility index (Phi) is 4.43. The zero-order valence-electron chi connectivity index (χ0n) is 10.5. The number of benzene rings is 1. The molecule has 1 aromatic carbocycles. The van der Waals surface area contributed by atoms with E-state index < -0.39 is 5.97 Å². The summed E-state index contributed by atoms with van der Waals surface area (Å²) in [5.74, 6) is -0.653. The van der Waals surface area contributed by atoms with Crippen LogP contribution in [0.25, 0.3) is 0 Å². The molecule has 1 amide bonds. The summed E-state index contributed by atoms with van der Waals surface area (Å²) in [7, 11) is 0. The number of rotatable bonds is 6. The lowest BCUT2D eigenvalue weighted by Gasteiger charge is -2.20. The second-order valence-electron chi connectivity index (χ2n) is 4.92. The number of amides is 1. The summed E-state index contributed by atoms with van der Waals surface area (Å²) in [6.07, 6.45) is 2.36. The van der Waals surface area contributed by atoms with Crippen molar-refractivity contribution in [1.29, 1.82) is 0 Å². The molecule has 0 aromatic heterocycles. The van der Waals surface area contributed by atoms with Crippen molar-refractivity contribution in [3.8, 4) is 0 Å². The van der Waals surface area contributed by atoms with Crippen molar-refractivity contribution in [2.45, 2.75) is 19.3 Å². The number of carbonyl (C=O) groups is 2. The number of aliphatic carboxylic acids is 1. The lowest BCUT2D eigenvalue weighted by atomic mass is 10.1. The van der Waals surface area contributed by atoms with Gasteiger partial charge < -0.3 is 10.0 Å². The number of carboxylic acid groups (broad SMARTS) is 1. The molecule has 0 aliphatic heterocycles. The van der Waals surface area contributed by atoms with Gasteiger partial charge in [-0.15, -0.1) is 0 Å². The van der Waals surface area contributed by atoms with Crippen molar-refractivity contribution in [2.75, 3.05) is 13.1 Å². The van der Waals surface area contributed by atoms with Gasteiger partial charge in [-0.2, -0.15) is 0 Å². The molecule has 0 heterocycles. The largest absolute Gasteiger partial charge is 0.480 e. The van der Waals surface area contributed by atoms with Gasteiger partial charge in [-0.1, -0.05) is 23.7 Å². The van der Waals surface area contributed by atoms with E-state index in [0.717, 1.165) is 18.4 Å². The van der Waals surface area contributed by atoms with E-state index in [9.17, 15) is 9.59 Å². The third kappa shape index (κ3) is 4.56. The molecule has 0 bridgehead atoms. The van der Waals surface area contributed by atoms with Crippen LogP contribution in [-0.2, 0) is 16.0 Å². The fourth-order valence-electron chi connectivity index (χ4n) is 1.96. The van der Waals surface area contributed by atoms with Crippen LogP contribution < -0.4 is 0 Å². The summed E-state index contributed by atoms with van der Waals surface area (Å²) in [4.78, 5) is 24.4. The van der Waals surface area contributed by atoms with Crippen LogP contribution in [0.4, 0.5) is 0 Å². The molecule has 0 spiro atoms. The molecule has 2 rings (SSSR count). The third-order valence-electron chi connectivity index (χ3n) is 3.10. The second kappa shape index (κ2) is 6.06. The molecule has 0 unspecified atom stereocenters. The molecule has 1 aromatic rings. The Labute approximate surface area is 117 Å². The molecular weight excluding hydrogens is 266 g/mol. The van der Waals surface area contributed by atoms with E-state index in [1.165, 1.54) is 4.90 Å². The predicted octanol–water partition coefficient (Wildman–Crippen LogP) is 2.21. The average Bonchev–Trinajstić information content (AvgIpc) is 3.11. The van der Waals surface area contributed by atoms with Crippen molar-refractivity contribution >= 4 is 23.5 Å². The van der Waals surface area contributed by atoms with Crippen LogP contribution in [0.3, 0.4) is 0 Å². The smallest absolute Gasteiger partial charge is 0.323 e. The quantitative estimate of drug-likeness (QED) is 0.870. The molecule has 1 aliphatic rings. The van der Waals surface area contributed by atoms with Crippen molar-refractivity contribution in [3.63, 3.8) is 0 Å². The maximum absolute atomic E-state index is 12.1. The molecule has 1 aliphatic carbocycles. The minimum atomic E-state index is -0.972. The second-order valence-corrected chi connectivity index (χ2v) is 5.35. The van der Waals surface area contributed by atoms with E-state index in [1.807, 2.05) is 6.07 Å². The monoisotopic (exact) mass is 281 g/mol. The SMILES string of the molecule is O=C(O)CN(CC1CC1)C(=O)Cc1cccc(Cl)c1. The number of carboxylic acids is 1. The fourth-order valence-corrected chi connectivity index (χ4v) is 2.18. The van der Waals surface area contributed by atoms with Gasteiger partial charge in [0.2, 0.25) is 5.91 Å². The minimum absolute atomic E-state index is 0.156. The number of nitrogens with zero attached hydrogens (tertiary/aromatic N) is 1. The van der Waals surface area contributed by atoms with Gasteiger partial charge in [-0.3, -0.25) is 9.59 Å². The van der Waals surface area contributed by atoms with E-state index in [2.05, 4.69) is 0 Å². The first kappa shape index (κ1) is 13.9. The number of hydrogen-bond acceptors (Lipinski definition) is 2. The lowest BCUT2D eigenvalue weighted by Crippen LogP contribution is -2.38. The Morgan fingerprint density at radius 2 is 2.11 bits per heavy atom. The fraction of sp³-hybridized carbons (Fsp3) is 0.429. The zero-order valence-corrected chi connectivity index (χ0v) is 11.3. The Morgan fingerprint density at radius 3 is 2.68 bits per heavy atom. The van der Waals surface area contributed by atoms with Crippen LogP contribution >= 0.6 is 11.6 Å². The summed E-state index contributed by atoms with van der Waals surface area (Å²) >= 11 is 5.87. The topological polar surface area (TPSA) is 57.6 Å². The van der Waals surface area contributed by atoms with Crippen LogP contribution in [0.15, 0.2) is 24.3 Å². The molecule has 1 fully saturated rings. The molecular formula is C14H16ClNO3. The highest BCUT2D eigenvalue weighted by atomic mass is 35.5. The maximum Gasteiger partial charge on any atom is 0.323 e. The summed E-state index contributed by atoms with van der Waals surface area (Å²) in [5, 5.41) is 9.44. The molecule has 0 atom stereocenters. The zero-order chi connectivity index (χ0) is 13.8. The van der Waals surface area contributed by atoms with Gasteiger partial charge in [0.1, 0.15) is 6.54 Å². The van der Waals surface area contributed by atoms with Crippen molar-refractivity contribution in [1.82, 2.24) is 4.90 Å². The van der Waals surface area contributed by atoms with Gasteiger partial charge in [0, 0.05) is 11.6 Å². The van der Waals surface area contributed by atoms with Crippen LogP contribution in [0.5, 0.6) is 0 Å². The summed E-state index contributed by atoms with van der Waals surface area (Å²) in [6, 6.07) is 7.08. The highest BCUT2D eigenvalue weighted by Gasteiger charge is 2.27. The molecule has 5 heteroatoms. The van der Waals surface area contributed by atoms with Crippen LogP contribution in [0.2, 0.25) is 5.02 Å². The maximum atomic E-state index is 12.1. The van der Waals surface area contributed by atoms with E-state index in [4.69, 9.17) is 16.7 Å². The Morgan fingerprint density at radius 1 is 1.37 bits per heavy atom. The van der Waals surface area contributed by atoms with Crippen molar-refractivity contribution < 1.29 is 14.7 Å². The van der Waals surface area contributed by atoms with Gasteiger partial charge in [-0.05, 0) is 36.5 Å². The molecule has 102 valence electrons. The molecule has 0 radical (unpaired) electrons. The molecule has 0 saturated heterocycles. The first-order valence-electron chi connectivity index (χ1n) is 6.28. The Hall–Kier alpha value is -1.55. The van der Waals surface area contributed by atoms with Gasteiger partial charge in [0.15, 0.2) is 0 Å². The van der Waals surface area contributed by atoms with E-state index in [1.54, 1.807) is 18.2 Å². The first-order valence-corrected chi connectivity index (χ1v) is 6.66. The normalized spacial score (nSPS) is 14.2. The number of carbonyl (C=O) groups excluding carboxylic acids is 1. The number of hydrogen-bond donors (Lipinski definition) is 1. The lowest BCUT2D eigenvalue weighted by molar-refractivity contribution is -0.144. The minimum Gasteiger partial charge on any atom is -0.480 e. The summed E-state index contributed by atoms with van der Waals surface area (Å²) in [5.41, 5.74) is 0.809.